The summed E-state index contributed by atoms with van der Waals surface area (Å²) in [6, 6.07) is 4.94. The molecular formula is C19H26N2O6S2. The van der Waals surface area contributed by atoms with Crippen LogP contribution >= 0.6 is 11.8 Å². The fourth-order valence-corrected chi connectivity index (χ4v) is 4.03. The monoisotopic (exact) mass is 442 g/mol. The molecule has 0 bridgehead atoms. The number of carbonyl (C=O) groups is 2. The molecule has 8 nitrogen and oxygen atoms in total. The minimum atomic E-state index is -3.42. The fourth-order valence-electron chi connectivity index (χ4n) is 2.51. The van der Waals surface area contributed by atoms with Crippen molar-refractivity contribution in [3.63, 3.8) is 0 Å². The first kappa shape index (κ1) is 23.1. The zero-order valence-corrected chi connectivity index (χ0v) is 19.0. The highest BCUT2D eigenvalue weighted by Gasteiger charge is 2.32. The van der Waals surface area contributed by atoms with Crippen LogP contribution in [0.2, 0.25) is 0 Å². The highest BCUT2D eigenvalue weighted by molar-refractivity contribution is 7.99. The smallest absolute Gasteiger partial charge is 0.419 e. The highest BCUT2D eigenvalue weighted by Crippen LogP contribution is 2.42. The number of hydrogen-bond donors (Lipinski definition) is 0. The quantitative estimate of drug-likeness (QED) is 0.521. The van der Waals surface area contributed by atoms with Crippen LogP contribution in [0.4, 0.5) is 16.2 Å². The van der Waals surface area contributed by atoms with E-state index in [1.54, 1.807) is 45.9 Å². The van der Waals surface area contributed by atoms with Gasteiger partial charge in [-0.2, -0.15) is 0 Å². The van der Waals surface area contributed by atoms with Gasteiger partial charge in [-0.3, -0.25) is 4.31 Å². The molecule has 1 aromatic carbocycles. The predicted molar refractivity (Wildman–Crippen MR) is 114 cm³/mol. The molecule has 0 saturated heterocycles. The molecule has 2 rings (SSSR count). The number of thioether (sulfide) groups is 1. The molecule has 1 heterocycles. The van der Waals surface area contributed by atoms with Crippen molar-refractivity contribution in [3.05, 3.63) is 30.0 Å². The van der Waals surface area contributed by atoms with Crippen LogP contribution in [0.25, 0.3) is 0 Å². The molecule has 160 valence electrons. The maximum absolute atomic E-state index is 12.9. The number of carbonyl (C=O) groups excluding carboxylic acids is 2. The molecule has 1 aliphatic heterocycles. The first-order valence-corrected chi connectivity index (χ1v) is 11.8. The number of anilines is 2. The molecule has 0 aliphatic carbocycles. The van der Waals surface area contributed by atoms with Crippen LogP contribution in [0.5, 0.6) is 0 Å². The number of ether oxygens (including phenoxy) is 2. The van der Waals surface area contributed by atoms with Crippen molar-refractivity contribution < 1.29 is 27.5 Å². The van der Waals surface area contributed by atoms with Gasteiger partial charge < -0.3 is 9.47 Å². The lowest BCUT2D eigenvalue weighted by Crippen LogP contribution is -2.39. The minimum Gasteiger partial charge on any atom is -0.463 e. The average Bonchev–Trinajstić information content (AvgIpc) is 2.58. The standard InChI is InChI=1S/C19H26N2O6S2/c1-7-26-17(22)11-14-12-28-16-10-13(20(5)29(6,24)25)8-9-15(16)21(14)18(23)27-19(2,3)4/h8-11H,7,12H2,1-6H3/b14-11-. The van der Waals surface area contributed by atoms with E-state index < -0.39 is 27.7 Å². The van der Waals surface area contributed by atoms with E-state index in [2.05, 4.69) is 0 Å². The van der Waals surface area contributed by atoms with Gasteiger partial charge in [0.25, 0.3) is 0 Å². The number of hydrogen-bond acceptors (Lipinski definition) is 7. The number of fused-ring (bicyclic) bond motifs is 1. The molecule has 1 amide bonds. The Kier molecular flexibility index (Phi) is 6.89. The molecule has 0 aromatic heterocycles. The van der Waals surface area contributed by atoms with E-state index in [1.165, 1.54) is 29.8 Å². The Morgan fingerprint density at radius 2 is 1.97 bits per heavy atom. The van der Waals surface area contributed by atoms with Gasteiger partial charge in [0.05, 0.1) is 24.2 Å². The van der Waals surface area contributed by atoms with E-state index in [9.17, 15) is 18.0 Å². The Morgan fingerprint density at radius 1 is 1.31 bits per heavy atom. The number of benzene rings is 1. The van der Waals surface area contributed by atoms with Crippen molar-refractivity contribution in [3.8, 4) is 0 Å². The van der Waals surface area contributed by atoms with Gasteiger partial charge in [-0.1, -0.05) is 0 Å². The van der Waals surface area contributed by atoms with Crippen molar-refractivity contribution in [2.24, 2.45) is 0 Å². The summed E-state index contributed by atoms with van der Waals surface area (Å²) < 4.78 is 35.3. The van der Waals surface area contributed by atoms with E-state index in [-0.39, 0.29) is 6.61 Å². The van der Waals surface area contributed by atoms with Crippen molar-refractivity contribution in [2.75, 3.05) is 34.9 Å². The number of rotatable bonds is 4. The van der Waals surface area contributed by atoms with E-state index >= 15 is 0 Å². The van der Waals surface area contributed by atoms with Gasteiger partial charge in [-0.05, 0) is 45.9 Å². The lowest BCUT2D eigenvalue weighted by molar-refractivity contribution is -0.137. The fraction of sp³-hybridized carbons (Fsp3) is 0.474. The molecule has 0 spiro atoms. The van der Waals surface area contributed by atoms with E-state index in [0.29, 0.717) is 27.7 Å². The molecule has 0 radical (unpaired) electrons. The van der Waals surface area contributed by atoms with Crippen molar-refractivity contribution in [2.45, 2.75) is 38.2 Å². The molecule has 29 heavy (non-hydrogen) atoms. The van der Waals surface area contributed by atoms with Crippen LogP contribution in [0.15, 0.2) is 34.9 Å². The summed E-state index contributed by atoms with van der Waals surface area (Å²) in [7, 11) is -1.96. The predicted octanol–water partition coefficient (Wildman–Crippen LogP) is 3.38. The minimum absolute atomic E-state index is 0.222. The summed E-state index contributed by atoms with van der Waals surface area (Å²) in [6.45, 7) is 7.18. The molecule has 0 fully saturated rings. The molecule has 0 atom stereocenters. The van der Waals surface area contributed by atoms with Crippen molar-refractivity contribution in [1.29, 1.82) is 0 Å². The maximum Gasteiger partial charge on any atom is 0.419 e. The number of amides is 1. The first-order chi connectivity index (χ1) is 13.3. The summed E-state index contributed by atoms with van der Waals surface area (Å²) >= 11 is 1.39. The summed E-state index contributed by atoms with van der Waals surface area (Å²) in [5.74, 6) is -0.231. The summed E-state index contributed by atoms with van der Waals surface area (Å²) in [5, 5.41) is 0. The lowest BCUT2D eigenvalue weighted by atomic mass is 10.2. The maximum atomic E-state index is 12.9. The van der Waals surface area contributed by atoms with Gasteiger partial charge in [0.2, 0.25) is 10.0 Å². The van der Waals surface area contributed by atoms with Gasteiger partial charge in [-0.15, -0.1) is 11.8 Å². The first-order valence-electron chi connectivity index (χ1n) is 8.94. The molecule has 1 aliphatic rings. The molecule has 0 saturated carbocycles. The van der Waals surface area contributed by atoms with E-state index in [1.807, 2.05) is 0 Å². The Hall–Kier alpha value is -2.20. The normalized spacial score (nSPS) is 15.7. The molecule has 10 heteroatoms. The molecule has 0 N–H and O–H groups in total. The zero-order chi connectivity index (χ0) is 22.0. The zero-order valence-electron chi connectivity index (χ0n) is 17.4. The van der Waals surface area contributed by atoms with Gasteiger partial charge in [0.1, 0.15) is 5.60 Å². The third-order valence-electron chi connectivity index (χ3n) is 3.86. The SMILES string of the molecule is CCOC(=O)/C=C1/CSc2cc(N(C)S(C)(=O)=O)ccc2N1C(=O)OC(C)(C)C. The summed E-state index contributed by atoms with van der Waals surface area (Å²) in [4.78, 5) is 26.9. The van der Waals surface area contributed by atoms with Gasteiger partial charge in [-0.25, -0.2) is 22.9 Å². The Balaban J connectivity index is 2.51. The van der Waals surface area contributed by atoms with Crippen LogP contribution in [0.3, 0.4) is 0 Å². The van der Waals surface area contributed by atoms with Gasteiger partial charge in [0, 0.05) is 29.5 Å². The Bertz CT molecular complexity index is 935. The van der Waals surface area contributed by atoms with Crippen LogP contribution in [0, 0.1) is 0 Å². The largest absolute Gasteiger partial charge is 0.463 e. The summed E-state index contributed by atoms with van der Waals surface area (Å²) in [5.41, 5.74) is 0.685. The third kappa shape index (κ3) is 5.89. The third-order valence-corrected chi connectivity index (χ3v) is 6.14. The van der Waals surface area contributed by atoms with Crippen LogP contribution < -0.4 is 9.21 Å². The number of esters is 1. The van der Waals surface area contributed by atoms with Crippen molar-refractivity contribution >= 4 is 45.2 Å². The molecular weight excluding hydrogens is 416 g/mol. The van der Waals surface area contributed by atoms with Crippen LogP contribution in [-0.2, 0) is 24.3 Å². The van der Waals surface area contributed by atoms with Gasteiger partial charge in [0.15, 0.2) is 0 Å². The van der Waals surface area contributed by atoms with Crippen LogP contribution in [-0.4, -0.2) is 51.7 Å². The van der Waals surface area contributed by atoms with E-state index in [0.717, 1.165) is 10.6 Å². The second-order valence-electron chi connectivity index (χ2n) is 7.37. The molecule has 0 unspecified atom stereocenters. The second-order valence-corrected chi connectivity index (χ2v) is 10.4. The summed E-state index contributed by atoms with van der Waals surface area (Å²) in [6.07, 6.45) is 1.77. The molecule has 1 aromatic rings. The number of nitrogens with zero attached hydrogens (tertiary/aromatic N) is 2. The Labute approximate surface area is 175 Å². The van der Waals surface area contributed by atoms with Crippen molar-refractivity contribution in [1.82, 2.24) is 0 Å². The Morgan fingerprint density at radius 3 is 2.52 bits per heavy atom. The lowest BCUT2D eigenvalue weighted by Gasteiger charge is -2.33. The van der Waals surface area contributed by atoms with Gasteiger partial charge >= 0.3 is 12.1 Å². The second kappa shape index (κ2) is 8.66. The topological polar surface area (TPSA) is 93.2 Å². The average molecular weight is 443 g/mol. The number of sulfonamides is 1. The van der Waals surface area contributed by atoms with Crippen LogP contribution in [0.1, 0.15) is 27.7 Å². The van der Waals surface area contributed by atoms with E-state index in [4.69, 9.17) is 9.47 Å². The highest BCUT2D eigenvalue weighted by atomic mass is 32.2.